The van der Waals surface area contributed by atoms with Crippen LogP contribution in [0.4, 0.5) is 13.2 Å². The van der Waals surface area contributed by atoms with Gasteiger partial charge in [-0.1, -0.05) is 36.4 Å². The lowest BCUT2D eigenvalue weighted by Gasteiger charge is -2.31. The van der Waals surface area contributed by atoms with Crippen LogP contribution in [0.25, 0.3) is 27.4 Å². The predicted molar refractivity (Wildman–Crippen MR) is 127 cm³/mol. The molecule has 0 saturated carbocycles. The number of ether oxygens (including phenoxy) is 2. The van der Waals surface area contributed by atoms with Crippen molar-refractivity contribution in [3.8, 4) is 17.2 Å². The summed E-state index contributed by atoms with van der Waals surface area (Å²) in [4.78, 5) is 0. The molecule has 0 aliphatic heterocycles. The third-order valence-electron chi connectivity index (χ3n) is 5.98. The molecule has 5 nitrogen and oxygen atoms in total. The van der Waals surface area contributed by atoms with E-state index >= 15 is 0 Å². The molecule has 0 amide bonds. The number of hydrogen-bond acceptors (Lipinski definition) is 4. The molecular weight excluding hydrogens is 457 g/mol. The van der Waals surface area contributed by atoms with E-state index in [0.29, 0.717) is 16.7 Å². The molecule has 8 heteroatoms. The number of benzene rings is 4. The SMILES string of the molecule is COc1ccc2cc(OCC(O)(c3ccc4c(cnn4-c4ccccc4)c3)C(F)(F)F)ccc2c1. The molecule has 5 rings (SSSR count). The highest BCUT2D eigenvalue weighted by atomic mass is 19.4. The molecule has 0 spiro atoms. The minimum atomic E-state index is -4.97. The average molecular weight is 478 g/mol. The summed E-state index contributed by atoms with van der Waals surface area (Å²) in [5.41, 5.74) is -2.14. The Morgan fingerprint density at radius 1 is 0.829 bits per heavy atom. The zero-order chi connectivity index (χ0) is 24.6. The van der Waals surface area contributed by atoms with Gasteiger partial charge in [0, 0.05) is 5.39 Å². The monoisotopic (exact) mass is 478 g/mol. The fourth-order valence-corrected chi connectivity index (χ4v) is 4.00. The lowest BCUT2D eigenvalue weighted by atomic mass is 9.93. The van der Waals surface area contributed by atoms with E-state index in [9.17, 15) is 18.3 Å². The number of aliphatic hydroxyl groups is 1. The van der Waals surface area contributed by atoms with Crippen molar-refractivity contribution in [2.24, 2.45) is 0 Å². The second kappa shape index (κ2) is 8.63. The van der Waals surface area contributed by atoms with Crippen molar-refractivity contribution in [1.82, 2.24) is 9.78 Å². The molecule has 35 heavy (non-hydrogen) atoms. The number of halogens is 3. The van der Waals surface area contributed by atoms with E-state index in [1.165, 1.54) is 24.4 Å². The lowest BCUT2D eigenvalue weighted by Crippen LogP contribution is -2.47. The standard InChI is InChI=1S/C27H21F3N2O3/c1-34-23-10-7-19-15-24(11-8-18(19)14-23)35-17-26(33,27(28,29)30)21-9-12-25-20(13-21)16-31-32(25)22-5-3-2-4-6-22/h2-16,33H,17H2,1H3. The number of nitrogens with zero attached hydrogens (tertiary/aromatic N) is 2. The van der Waals surface area contributed by atoms with Crippen LogP contribution < -0.4 is 9.47 Å². The van der Waals surface area contributed by atoms with E-state index in [4.69, 9.17) is 9.47 Å². The van der Waals surface area contributed by atoms with E-state index in [2.05, 4.69) is 5.10 Å². The van der Waals surface area contributed by atoms with Crippen LogP contribution in [0.3, 0.4) is 0 Å². The number of methoxy groups -OCH3 is 1. The van der Waals surface area contributed by atoms with Crippen molar-refractivity contribution in [2.45, 2.75) is 11.8 Å². The Bertz CT molecular complexity index is 1500. The van der Waals surface area contributed by atoms with Gasteiger partial charge in [-0.15, -0.1) is 0 Å². The summed E-state index contributed by atoms with van der Waals surface area (Å²) in [6.07, 6.45) is -3.50. The van der Waals surface area contributed by atoms with Crippen LogP contribution in [0, 0.1) is 0 Å². The minimum absolute atomic E-state index is 0.211. The van der Waals surface area contributed by atoms with Crippen molar-refractivity contribution in [2.75, 3.05) is 13.7 Å². The van der Waals surface area contributed by atoms with Gasteiger partial charge in [0.2, 0.25) is 5.60 Å². The molecular formula is C27H21F3N2O3. The molecule has 0 saturated heterocycles. The van der Waals surface area contributed by atoms with Crippen molar-refractivity contribution >= 4 is 21.7 Å². The number of fused-ring (bicyclic) bond motifs is 2. The summed E-state index contributed by atoms with van der Waals surface area (Å²) in [7, 11) is 1.56. The number of rotatable bonds is 6. The van der Waals surface area contributed by atoms with Crippen molar-refractivity contribution < 1.29 is 27.8 Å². The van der Waals surface area contributed by atoms with Gasteiger partial charge in [-0.3, -0.25) is 0 Å². The van der Waals surface area contributed by atoms with Crippen molar-refractivity contribution in [1.29, 1.82) is 0 Å². The largest absolute Gasteiger partial charge is 0.497 e. The third kappa shape index (κ3) is 4.17. The fourth-order valence-electron chi connectivity index (χ4n) is 4.00. The highest BCUT2D eigenvalue weighted by Crippen LogP contribution is 2.40. The van der Waals surface area contributed by atoms with Crippen LogP contribution in [0.5, 0.6) is 11.5 Å². The van der Waals surface area contributed by atoms with E-state index in [1.807, 2.05) is 36.4 Å². The molecule has 4 aromatic carbocycles. The van der Waals surface area contributed by atoms with Gasteiger partial charge in [0.25, 0.3) is 0 Å². The average Bonchev–Trinajstić information content (AvgIpc) is 3.30. The first-order valence-corrected chi connectivity index (χ1v) is 10.8. The Morgan fingerprint density at radius 2 is 1.51 bits per heavy atom. The van der Waals surface area contributed by atoms with Crippen LogP contribution in [0.15, 0.2) is 91.1 Å². The summed E-state index contributed by atoms with van der Waals surface area (Å²) in [6.45, 7) is -1.00. The van der Waals surface area contributed by atoms with E-state index in [0.717, 1.165) is 16.5 Å². The highest BCUT2D eigenvalue weighted by Gasteiger charge is 2.56. The van der Waals surface area contributed by atoms with Gasteiger partial charge in [-0.05, 0) is 64.9 Å². The maximum Gasteiger partial charge on any atom is 0.424 e. The first kappa shape index (κ1) is 22.7. The summed E-state index contributed by atoms with van der Waals surface area (Å²) < 4.78 is 54.7. The van der Waals surface area contributed by atoms with Crippen LogP contribution in [-0.4, -0.2) is 34.8 Å². The number of aromatic nitrogens is 2. The Kier molecular flexibility index (Phi) is 5.61. The second-order valence-electron chi connectivity index (χ2n) is 8.19. The molecule has 178 valence electrons. The van der Waals surface area contributed by atoms with Gasteiger partial charge in [0.05, 0.1) is 24.5 Å². The molecule has 1 atom stereocenters. The zero-order valence-corrected chi connectivity index (χ0v) is 18.7. The lowest BCUT2D eigenvalue weighted by molar-refractivity contribution is -0.275. The molecule has 5 aromatic rings. The molecule has 0 fully saturated rings. The van der Waals surface area contributed by atoms with Gasteiger partial charge in [0.1, 0.15) is 18.1 Å². The fraction of sp³-hybridized carbons (Fsp3) is 0.148. The van der Waals surface area contributed by atoms with Gasteiger partial charge in [-0.25, -0.2) is 4.68 Å². The molecule has 1 N–H and O–H groups in total. The number of alkyl halides is 3. The molecule has 0 aliphatic carbocycles. The van der Waals surface area contributed by atoms with Crippen molar-refractivity contribution in [3.05, 3.63) is 96.7 Å². The van der Waals surface area contributed by atoms with E-state index < -0.39 is 18.4 Å². The Labute approximate surface area is 198 Å². The summed E-state index contributed by atoms with van der Waals surface area (Å²) in [6, 6.07) is 23.6. The first-order valence-electron chi connectivity index (χ1n) is 10.8. The highest BCUT2D eigenvalue weighted by molar-refractivity contribution is 5.85. The number of para-hydroxylation sites is 1. The van der Waals surface area contributed by atoms with Crippen LogP contribution in [0.2, 0.25) is 0 Å². The van der Waals surface area contributed by atoms with Gasteiger partial charge in [-0.2, -0.15) is 18.3 Å². The van der Waals surface area contributed by atoms with E-state index in [-0.39, 0.29) is 11.3 Å². The predicted octanol–water partition coefficient (Wildman–Crippen LogP) is 6.02. The second-order valence-corrected chi connectivity index (χ2v) is 8.19. The Balaban J connectivity index is 1.46. The smallest absolute Gasteiger partial charge is 0.424 e. The molecule has 1 aromatic heterocycles. The Morgan fingerprint density at radius 3 is 2.20 bits per heavy atom. The summed E-state index contributed by atoms with van der Waals surface area (Å²) in [5.74, 6) is 0.881. The quantitative estimate of drug-likeness (QED) is 0.325. The van der Waals surface area contributed by atoms with Gasteiger partial charge < -0.3 is 14.6 Å². The number of hydrogen-bond donors (Lipinski definition) is 1. The first-order chi connectivity index (χ1) is 16.8. The molecule has 0 aliphatic rings. The maximum absolute atomic E-state index is 14.1. The van der Waals surface area contributed by atoms with Crippen molar-refractivity contribution in [3.63, 3.8) is 0 Å². The summed E-state index contributed by atoms with van der Waals surface area (Å²) >= 11 is 0. The molecule has 1 heterocycles. The van der Waals surface area contributed by atoms with E-state index in [1.54, 1.807) is 42.1 Å². The third-order valence-corrected chi connectivity index (χ3v) is 5.98. The van der Waals surface area contributed by atoms with Gasteiger partial charge in [0.15, 0.2) is 0 Å². The molecule has 1 unspecified atom stereocenters. The van der Waals surface area contributed by atoms with Crippen LogP contribution in [-0.2, 0) is 5.60 Å². The molecule has 0 bridgehead atoms. The van der Waals surface area contributed by atoms with Crippen LogP contribution >= 0.6 is 0 Å². The summed E-state index contributed by atoms with van der Waals surface area (Å²) in [5, 5.41) is 17.2. The van der Waals surface area contributed by atoms with Gasteiger partial charge >= 0.3 is 6.18 Å². The molecule has 0 radical (unpaired) electrons. The topological polar surface area (TPSA) is 56.5 Å². The van der Waals surface area contributed by atoms with Crippen LogP contribution in [0.1, 0.15) is 5.56 Å². The zero-order valence-electron chi connectivity index (χ0n) is 18.7. The normalized spacial score (nSPS) is 13.6. The maximum atomic E-state index is 14.1. The Hall–Kier alpha value is -4.04. The minimum Gasteiger partial charge on any atom is -0.497 e.